The van der Waals surface area contributed by atoms with Crippen LogP contribution >= 0.6 is 11.8 Å². The first-order chi connectivity index (χ1) is 14.0. The lowest BCUT2D eigenvalue weighted by atomic mass is 10.0. The van der Waals surface area contributed by atoms with E-state index in [1.54, 1.807) is 23.8 Å². The minimum Gasteiger partial charge on any atom is -0.496 e. The first-order valence-electron chi connectivity index (χ1n) is 9.60. The fraction of sp³-hybridized carbons (Fsp3) is 0.304. The van der Waals surface area contributed by atoms with Gasteiger partial charge >= 0.3 is 0 Å². The van der Waals surface area contributed by atoms with Crippen molar-refractivity contribution in [1.29, 1.82) is 0 Å². The lowest BCUT2D eigenvalue weighted by molar-refractivity contribution is -0.131. The van der Waals surface area contributed by atoms with E-state index >= 15 is 0 Å². The highest BCUT2D eigenvalue weighted by molar-refractivity contribution is 8.01. The van der Waals surface area contributed by atoms with Crippen molar-refractivity contribution in [3.63, 3.8) is 0 Å². The molecule has 1 fully saturated rings. The van der Waals surface area contributed by atoms with E-state index < -0.39 is 6.04 Å². The van der Waals surface area contributed by atoms with Crippen molar-refractivity contribution in [3.8, 4) is 5.75 Å². The largest absolute Gasteiger partial charge is 0.496 e. The molecule has 3 atom stereocenters. The van der Waals surface area contributed by atoms with Crippen LogP contribution in [0.25, 0.3) is 0 Å². The maximum atomic E-state index is 13.6. The maximum absolute atomic E-state index is 13.6. The summed E-state index contributed by atoms with van der Waals surface area (Å²) in [5, 5.41) is -0.537. The number of allylic oxidation sites excluding steroid dienone is 1. The normalized spacial score (nSPS) is 24.6. The smallest absolute Gasteiger partial charge is 0.241 e. The van der Waals surface area contributed by atoms with Gasteiger partial charge in [-0.25, -0.2) is 0 Å². The average molecular weight is 409 g/mol. The molecule has 0 radical (unpaired) electrons. The van der Waals surface area contributed by atoms with E-state index in [0.717, 1.165) is 16.8 Å². The fourth-order valence-corrected chi connectivity index (χ4v) is 5.37. The Morgan fingerprint density at radius 2 is 1.66 bits per heavy atom. The molecule has 2 aromatic carbocycles. The number of hydrogen-bond donors (Lipinski definition) is 0. The molecule has 150 valence electrons. The summed E-state index contributed by atoms with van der Waals surface area (Å²) in [6.07, 6.45) is 0. The van der Waals surface area contributed by atoms with Gasteiger partial charge in [-0.15, -0.1) is 11.8 Å². The molecule has 6 heteroatoms. The zero-order valence-electron chi connectivity index (χ0n) is 17.0. The summed E-state index contributed by atoms with van der Waals surface area (Å²) < 4.78 is 5.54. The molecule has 2 aliphatic rings. The summed E-state index contributed by atoms with van der Waals surface area (Å²) in [7, 11) is 3.53. The van der Waals surface area contributed by atoms with E-state index in [9.17, 15) is 9.59 Å². The third-order valence-corrected chi connectivity index (χ3v) is 6.99. The minimum absolute atomic E-state index is 0.0425. The van der Waals surface area contributed by atoms with E-state index in [2.05, 4.69) is 0 Å². The van der Waals surface area contributed by atoms with E-state index in [-0.39, 0.29) is 22.3 Å². The first kappa shape index (κ1) is 19.6. The Bertz CT molecular complexity index is 989. The number of amides is 1. The van der Waals surface area contributed by atoms with Crippen molar-refractivity contribution >= 4 is 23.5 Å². The van der Waals surface area contributed by atoms with Crippen molar-refractivity contribution in [2.45, 2.75) is 30.5 Å². The lowest BCUT2D eigenvalue weighted by Gasteiger charge is -2.26. The molecule has 0 aromatic heterocycles. The number of rotatable bonds is 4. The Labute approximate surface area is 175 Å². The minimum atomic E-state index is -0.418. The lowest BCUT2D eigenvalue weighted by Crippen LogP contribution is -2.33. The second-order valence-electron chi connectivity index (χ2n) is 7.30. The molecule has 3 unspecified atom stereocenters. The second kappa shape index (κ2) is 7.59. The van der Waals surface area contributed by atoms with Gasteiger partial charge in [0.25, 0.3) is 0 Å². The maximum Gasteiger partial charge on any atom is 0.241 e. The number of carbonyl (C=O) groups is 2. The molecule has 0 aliphatic carbocycles. The molecule has 0 N–H and O–H groups in total. The fourth-order valence-electron chi connectivity index (χ4n) is 4.08. The van der Waals surface area contributed by atoms with E-state index in [1.165, 1.54) is 0 Å². The van der Waals surface area contributed by atoms with Crippen LogP contribution in [0.1, 0.15) is 36.4 Å². The van der Waals surface area contributed by atoms with Gasteiger partial charge in [-0.1, -0.05) is 48.5 Å². The predicted octanol–water partition coefficient (Wildman–Crippen LogP) is 4.15. The van der Waals surface area contributed by atoms with Gasteiger partial charge in [-0.05, 0) is 25.5 Å². The van der Waals surface area contributed by atoms with Crippen LogP contribution in [-0.2, 0) is 9.59 Å². The number of ether oxygens (including phenoxy) is 1. The van der Waals surface area contributed by atoms with Gasteiger partial charge in [0, 0.05) is 18.3 Å². The molecule has 0 spiro atoms. The van der Waals surface area contributed by atoms with Crippen LogP contribution in [0.15, 0.2) is 66.0 Å². The number of carbonyl (C=O) groups excluding carboxylic acids is 2. The van der Waals surface area contributed by atoms with Gasteiger partial charge < -0.3 is 9.64 Å². The zero-order valence-corrected chi connectivity index (χ0v) is 17.8. The van der Waals surface area contributed by atoms with Gasteiger partial charge in [0.15, 0.2) is 0 Å². The molecule has 5 nitrogen and oxygen atoms in total. The van der Waals surface area contributed by atoms with Crippen molar-refractivity contribution in [3.05, 3.63) is 77.1 Å². The van der Waals surface area contributed by atoms with Crippen LogP contribution in [0.2, 0.25) is 0 Å². The van der Waals surface area contributed by atoms with Gasteiger partial charge in [-0.3, -0.25) is 14.5 Å². The highest BCUT2D eigenvalue weighted by atomic mass is 32.2. The molecule has 1 amide bonds. The van der Waals surface area contributed by atoms with Crippen LogP contribution in [0.3, 0.4) is 0 Å². The Balaban J connectivity index is 1.78. The molecule has 2 aromatic rings. The van der Waals surface area contributed by atoms with E-state index in [4.69, 9.17) is 4.74 Å². The van der Waals surface area contributed by atoms with Crippen molar-refractivity contribution in [2.75, 3.05) is 14.2 Å². The number of thioether (sulfide) groups is 1. The molecular weight excluding hydrogens is 384 g/mol. The molecule has 2 aliphatic heterocycles. The number of hydrogen-bond acceptors (Lipinski definition) is 5. The van der Waals surface area contributed by atoms with Crippen molar-refractivity contribution in [1.82, 2.24) is 9.80 Å². The molecule has 0 saturated carbocycles. The third-order valence-electron chi connectivity index (χ3n) is 5.65. The van der Waals surface area contributed by atoms with Crippen LogP contribution in [0.4, 0.5) is 0 Å². The van der Waals surface area contributed by atoms with Crippen LogP contribution in [-0.4, -0.2) is 40.9 Å². The number of para-hydroxylation sites is 1. The molecule has 4 rings (SSSR count). The molecular formula is C23H24N2O3S. The highest BCUT2D eigenvalue weighted by Gasteiger charge is 2.48. The van der Waals surface area contributed by atoms with Gasteiger partial charge in [0.2, 0.25) is 11.7 Å². The van der Waals surface area contributed by atoms with Crippen LogP contribution < -0.4 is 4.74 Å². The highest BCUT2D eigenvalue weighted by Crippen LogP contribution is 2.50. The Morgan fingerprint density at radius 3 is 2.34 bits per heavy atom. The quantitative estimate of drug-likeness (QED) is 0.761. The monoisotopic (exact) mass is 408 g/mol. The Hall–Kier alpha value is -2.73. The summed E-state index contributed by atoms with van der Waals surface area (Å²) in [6.45, 7) is 3.81. The number of nitrogens with zero attached hydrogens (tertiary/aromatic N) is 2. The van der Waals surface area contributed by atoms with Crippen molar-refractivity contribution < 1.29 is 14.3 Å². The van der Waals surface area contributed by atoms with Gasteiger partial charge in [0.1, 0.15) is 22.9 Å². The zero-order chi connectivity index (χ0) is 20.7. The standard InChI is InChI=1S/C23H24N2O3S/c1-14-19(21(26)20(24(14)3)16-10-6-5-7-11-16)25-22(27)15(2)29-23(25)17-12-8-9-13-18(17)28-4/h5-13,15,20,23H,1-4H3. The summed E-state index contributed by atoms with van der Waals surface area (Å²) in [6, 6.07) is 17.0. The van der Waals surface area contributed by atoms with Gasteiger partial charge in [0.05, 0.1) is 12.4 Å². The van der Waals surface area contributed by atoms with E-state index in [1.807, 2.05) is 80.4 Å². The van der Waals surface area contributed by atoms with Crippen LogP contribution in [0, 0.1) is 0 Å². The van der Waals surface area contributed by atoms with Gasteiger partial charge in [-0.2, -0.15) is 0 Å². The first-order valence-corrected chi connectivity index (χ1v) is 10.5. The molecule has 0 bridgehead atoms. The molecule has 29 heavy (non-hydrogen) atoms. The SMILES string of the molecule is COc1ccccc1C1SC(C)C(=O)N1C1=C(C)N(C)C(c2ccccc2)C1=O. The summed E-state index contributed by atoms with van der Waals surface area (Å²) in [4.78, 5) is 30.4. The molecule has 1 saturated heterocycles. The topological polar surface area (TPSA) is 49.9 Å². The number of benzene rings is 2. The molecule has 2 heterocycles. The summed E-state index contributed by atoms with van der Waals surface area (Å²) >= 11 is 1.55. The number of Topliss-reactive ketones (excluding diaryl/α,β-unsaturated/α-hetero) is 1. The van der Waals surface area contributed by atoms with Crippen molar-refractivity contribution in [2.24, 2.45) is 0 Å². The Morgan fingerprint density at radius 1 is 1.00 bits per heavy atom. The third kappa shape index (κ3) is 3.12. The predicted molar refractivity (Wildman–Crippen MR) is 114 cm³/mol. The number of likely N-dealkylation sites (N-methyl/N-ethyl adjacent to an activating group) is 1. The number of methoxy groups -OCH3 is 1. The summed E-state index contributed by atoms with van der Waals surface area (Å²) in [5.41, 5.74) is 3.12. The summed E-state index contributed by atoms with van der Waals surface area (Å²) in [5.74, 6) is 0.628. The van der Waals surface area contributed by atoms with E-state index in [0.29, 0.717) is 11.4 Å². The second-order valence-corrected chi connectivity index (χ2v) is 8.73. The Kier molecular flexibility index (Phi) is 5.13. The number of ketones is 1. The van der Waals surface area contributed by atoms with Crippen LogP contribution in [0.5, 0.6) is 5.75 Å². The average Bonchev–Trinajstić information content (AvgIpc) is 3.14.